The second-order valence-electron chi connectivity index (χ2n) is 6.13. The number of nitrogens with zero attached hydrogens (tertiary/aromatic N) is 1. The molecule has 0 saturated heterocycles. The molecule has 0 aliphatic rings. The topological polar surface area (TPSA) is 38.1 Å². The van der Waals surface area contributed by atoms with Crippen LogP contribution in [0.1, 0.15) is 38.1 Å². The molecule has 0 unspecified atom stereocenters. The lowest BCUT2D eigenvalue weighted by molar-refractivity contribution is 0.290. The molecule has 1 N–H and O–H groups in total. The van der Waals surface area contributed by atoms with Crippen molar-refractivity contribution in [2.75, 3.05) is 0 Å². The van der Waals surface area contributed by atoms with E-state index in [-0.39, 0.29) is 5.54 Å². The maximum absolute atomic E-state index is 6.04. The molecule has 25 heavy (non-hydrogen) atoms. The summed E-state index contributed by atoms with van der Waals surface area (Å²) in [6.45, 7) is 4.96. The van der Waals surface area contributed by atoms with Gasteiger partial charge in [0.25, 0.3) is 0 Å². The Hall–Kier alpha value is -2.10. The number of hydrogen-bond donors (Lipinski definition) is 1. The van der Waals surface area contributed by atoms with Crippen LogP contribution in [0.25, 0.3) is 11.3 Å². The van der Waals surface area contributed by atoms with E-state index in [9.17, 15) is 0 Å². The molecule has 0 saturated carbocycles. The van der Waals surface area contributed by atoms with Crippen molar-refractivity contribution in [3.05, 3.63) is 77.3 Å². The van der Waals surface area contributed by atoms with Crippen molar-refractivity contribution in [2.45, 2.75) is 38.8 Å². The molecule has 130 valence electrons. The van der Waals surface area contributed by atoms with Gasteiger partial charge in [0.2, 0.25) is 5.89 Å². The van der Waals surface area contributed by atoms with Gasteiger partial charge in [0.05, 0.1) is 12.7 Å². The first-order valence-corrected chi connectivity index (χ1v) is 9.06. The predicted octanol–water partition coefficient (Wildman–Crippen LogP) is 5.80. The molecule has 3 nitrogen and oxygen atoms in total. The Balaban J connectivity index is 1.76. The minimum atomic E-state index is -0.119. The van der Waals surface area contributed by atoms with Crippen molar-refractivity contribution in [1.82, 2.24) is 10.3 Å². The zero-order chi connectivity index (χ0) is 17.7. The highest BCUT2D eigenvalue weighted by Gasteiger charge is 2.28. The van der Waals surface area contributed by atoms with Crippen LogP contribution in [-0.4, -0.2) is 4.98 Å². The molecule has 4 heteroatoms. The Kier molecular flexibility index (Phi) is 5.57. The summed E-state index contributed by atoms with van der Waals surface area (Å²) in [5.41, 5.74) is 2.15. The highest BCUT2D eigenvalue weighted by molar-refractivity contribution is 6.30. The van der Waals surface area contributed by atoms with Gasteiger partial charge in [-0.1, -0.05) is 67.9 Å². The van der Waals surface area contributed by atoms with E-state index in [2.05, 4.69) is 36.3 Å². The molecule has 0 atom stereocenters. The molecular weight excluding hydrogens is 332 g/mol. The Morgan fingerprint density at radius 2 is 1.68 bits per heavy atom. The number of benzene rings is 2. The van der Waals surface area contributed by atoms with Crippen molar-refractivity contribution >= 4 is 11.6 Å². The molecule has 3 rings (SSSR count). The van der Waals surface area contributed by atoms with Crippen molar-refractivity contribution in [3.63, 3.8) is 0 Å². The van der Waals surface area contributed by atoms with Crippen molar-refractivity contribution in [3.8, 4) is 11.3 Å². The zero-order valence-corrected chi connectivity index (χ0v) is 15.4. The molecule has 0 radical (unpaired) electrons. The Morgan fingerprint density at radius 1 is 1.00 bits per heavy atom. The van der Waals surface area contributed by atoms with Crippen LogP contribution in [0, 0.1) is 0 Å². The van der Waals surface area contributed by atoms with Crippen LogP contribution in [0.2, 0.25) is 5.02 Å². The SMILES string of the molecule is CCC(CC)(NCc1ncc(-c2ccccc2)o1)c1ccc(Cl)cc1. The van der Waals surface area contributed by atoms with Crippen molar-refractivity contribution in [1.29, 1.82) is 0 Å². The number of nitrogens with one attached hydrogen (secondary N) is 1. The number of halogens is 1. The first kappa shape index (κ1) is 17.7. The Morgan fingerprint density at radius 3 is 2.32 bits per heavy atom. The van der Waals surface area contributed by atoms with Crippen LogP contribution in [0.3, 0.4) is 0 Å². The minimum Gasteiger partial charge on any atom is -0.439 e. The molecule has 1 heterocycles. The molecular formula is C21H23ClN2O. The summed E-state index contributed by atoms with van der Waals surface area (Å²) < 4.78 is 5.91. The monoisotopic (exact) mass is 354 g/mol. The predicted molar refractivity (Wildman–Crippen MR) is 102 cm³/mol. The fourth-order valence-electron chi connectivity index (χ4n) is 3.15. The van der Waals surface area contributed by atoms with Crippen molar-refractivity contribution < 1.29 is 4.42 Å². The van der Waals surface area contributed by atoms with E-state index in [1.165, 1.54) is 5.56 Å². The van der Waals surface area contributed by atoms with Crippen LogP contribution in [0.15, 0.2) is 65.2 Å². The lowest BCUT2D eigenvalue weighted by atomic mass is 9.84. The van der Waals surface area contributed by atoms with Gasteiger partial charge in [-0.3, -0.25) is 5.32 Å². The molecule has 0 aliphatic heterocycles. The maximum atomic E-state index is 6.04. The summed E-state index contributed by atoms with van der Waals surface area (Å²) in [6.07, 6.45) is 3.73. The van der Waals surface area contributed by atoms with Crippen LogP contribution in [0.4, 0.5) is 0 Å². The van der Waals surface area contributed by atoms with E-state index in [1.54, 1.807) is 6.20 Å². The average molecular weight is 355 g/mol. The molecule has 1 aromatic heterocycles. The highest BCUT2D eigenvalue weighted by atomic mass is 35.5. The molecule has 0 spiro atoms. The van der Waals surface area contributed by atoms with Crippen molar-refractivity contribution in [2.24, 2.45) is 0 Å². The third kappa shape index (κ3) is 3.94. The normalized spacial score (nSPS) is 11.6. The number of oxazole rings is 1. The molecule has 0 bridgehead atoms. The van der Waals surface area contributed by atoms with E-state index >= 15 is 0 Å². The summed E-state index contributed by atoms with van der Waals surface area (Å²) >= 11 is 6.04. The number of hydrogen-bond acceptors (Lipinski definition) is 3. The summed E-state index contributed by atoms with van der Waals surface area (Å²) in [4.78, 5) is 4.42. The van der Waals surface area contributed by atoms with E-state index in [1.807, 2.05) is 42.5 Å². The lowest BCUT2D eigenvalue weighted by Crippen LogP contribution is -2.41. The second-order valence-corrected chi connectivity index (χ2v) is 6.57. The number of aromatic nitrogens is 1. The fourth-order valence-corrected chi connectivity index (χ4v) is 3.28. The van der Waals surface area contributed by atoms with E-state index in [0.717, 1.165) is 29.2 Å². The van der Waals surface area contributed by atoms with Gasteiger partial charge in [-0.15, -0.1) is 0 Å². The van der Waals surface area contributed by atoms with Crippen LogP contribution < -0.4 is 5.32 Å². The quantitative estimate of drug-likeness (QED) is 0.582. The van der Waals surface area contributed by atoms with Gasteiger partial charge >= 0.3 is 0 Å². The first-order chi connectivity index (χ1) is 12.2. The molecule has 0 fully saturated rings. The average Bonchev–Trinajstić information content (AvgIpc) is 3.14. The fraction of sp³-hybridized carbons (Fsp3) is 0.286. The Bertz CT molecular complexity index is 792. The largest absolute Gasteiger partial charge is 0.439 e. The van der Waals surface area contributed by atoms with Gasteiger partial charge in [0.1, 0.15) is 0 Å². The minimum absolute atomic E-state index is 0.119. The summed E-state index contributed by atoms with van der Waals surface area (Å²) in [5.74, 6) is 1.49. The third-order valence-corrected chi connectivity index (χ3v) is 5.05. The van der Waals surface area contributed by atoms with Crippen LogP contribution in [-0.2, 0) is 12.1 Å². The molecule has 3 aromatic rings. The van der Waals surface area contributed by atoms with Gasteiger partial charge in [-0.25, -0.2) is 4.98 Å². The third-order valence-electron chi connectivity index (χ3n) is 4.79. The molecule has 2 aromatic carbocycles. The number of rotatable bonds is 7. The standard InChI is InChI=1S/C21H23ClN2O/c1-3-21(4-2,17-10-12-18(22)13-11-17)24-15-20-23-14-19(25-20)16-8-6-5-7-9-16/h5-14,24H,3-4,15H2,1-2H3. The van der Waals surface area contributed by atoms with E-state index in [4.69, 9.17) is 16.0 Å². The van der Waals surface area contributed by atoms with Crippen LogP contribution in [0.5, 0.6) is 0 Å². The van der Waals surface area contributed by atoms with Gasteiger partial charge in [0, 0.05) is 16.1 Å². The maximum Gasteiger partial charge on any atom is 0.208 e. The highest BCUT2D eigenvalue weighted by Crippen LogP contribution is 2.30. The molecule has 0 amide bonds. The van der Waals surface area contributed by atoms with E-state index in [0.29, 0.717) is 12.4 Å². The van der Waals surface area contributed by atoms with Gasteiger partial charge in [-0.05, 0) is 30.5 Å². The zero-order valence-electron chi connectivity index (χ0n) is 14.6. The Labute approximate surface area is 154 Å². The van der Waals surface area contributed by atoms with E-state index < -0.39 is 0 Å². The van der Waals surface area contributed by atoms with Gasteiger partial charge in [0.15, 0.2) is 5.76 Å². The first-order valence-electron chi connectivity index (χ1n) is 8.68. The molecule has 0 aliphatic carbocycles. The summed E-state index contributed by atoms with van der Waals surface area (Å²) in [7, 11) is 0. The van der Waals surface area contributed by atoms with Gasteiger partial charge < -0.3 is 4.42 Å². The van der Waals surface area contributed by atoms with Gasteiger partial charge in [-0.2, -0.15) is 0 Å². The summed E-state index contributed by atoms with van der Waals surface area (Å²) in [5, 5.41) is 4.40. The smallest absolute Gasteiger partial charge is 0.208 e. The second kappa shape index (κ2) is 7.85. The van der Waals surface area contributed by atoms with Crippen LogP contribution >= 0.6 is 11.6 Å². The summed E-state index contributed by atoms with van der Waals surface area (Å²) in [6, 6.07) is 18.1. The lowest BCUT2D eigenvalue weighted by Gasteiger charge is -2.33.